The molecular weight excluding hydrogens is 292 g/mol. The molecule has 0 aromatic heterocycles. The lowest BCUT2D eigenvalue weighted by Gasteiger charge is -2.13. The molecule has 116 valence electrons. The molecule has 1 N–H and O–H groups in total. The monoisotopic (exact) mass is 308 g/mol. The highest BCUT2D eigenvalue weighted by Crippen LogP contribution is 2.22. The number of hydrogen-bond acceptors (Lipinski definition) is 3. The number of fused-ring (bicyclic) bond motifs is 2. The van der Waals surface area contributed by atoms with E-state index in [1.165, 1.54) is 0 Å². The Hall–Kier alpha value is -2.88. The molecule has 1 unspecified atom stereocenters. The Morgan fingerprint density at radius 3 is 2.48 bits per heavy atom. The number of carboxylic acids is 1. The zero-order valence-electron chi connectivity index (χ0n) is 12.7. The second-order valence-electron chi connectivity index (χ2n) is 5.35. The summed E-state index contributed by atoms with van der Waals surface area (Å²) in [5.41, 5.74) is -0.0440. The van der Waals surface area contributed by atoms with Crippen LogP contribution in [-0.2, 0) is 4.79 Å². The summed E-state index contributed by atoms with van der Waals surface area (Å²) >= 11 is 0. The van der Waals surface area contributed by atoms with Gasteiger partial charge in [0.15, 0.2) is 11.5 Å². The van der Waals surface area contributed by atoms with Crippen LogP contribution >= 0.6 is 0 Å². The van der Waals surface area contributed by atoms with Gasteiger partial charge in [0.05, 0.1) is 0 Å². The molecule has 3 rings (SSSR count). The van der Waals surface area contributed by atoms with Gasteiger partial charge in [0, 0.05) is 10.8 Å². The minimum Gasteiger partial charge on any atom is -0.479 e. The van der Waals surface area contributed by atoms with Gasteiger partial charge < -0.3 is 9.84 Å². The van der Waals surface area contributed by atoms with Crippen molar-refractivity contribution in [3.05, 3.63) is 64.8 Å². The van der Waals surface area contributed by atoms with Crippen molar-refractivity contribution in [3.8, 4) is 5.75 Å². The van der Waals surface area contributed by atoms with Gasteiger partial charge in [-0.2, -0.15) is 0 Å². The van der Waals surface area contributed by atoms with Crippen LogP contribution in [-0.4, -0.2) is 17.2 Å². The van der Waals surface area contributed by atoms with E-state index < -0.39 is 12.1 Å². The standard InChI is InChI=1S/C19H16O4/c1-2-17(19(21)22)23-14-9-10-16-13(11-14)8-7-12-5-3-4-6-15(12)18(16)20/h3-11,17H,2H2,1H3,(H,21,22). The number of rotatable bonds is 4. The lowest BCUT2D eigenvalue weighted by Crippen LogP contribution is -2.25. The molecule has 0 aliphatic carbocycles. The van der Waals surface area contributed by atoms with Crippen LogP contribution in [0.25, 0.3) is 21.5 Å². The molecular formula is C19H16O4. The van der Waals surface area contributed by atoms with Crippen LogP contribution in [0.15, 0.2) is 59.4 Å². The SMILES string of the molecule is CCC(Oc1ccc2c(=O)c3ccccc3ccc2c1)C(=O)O. The first kappa shape index (κ1) is 15.0. The minimum atomic E-state index is -0.999. The Bertz CT molecular complexity index is 946. The number of aliphatic carboxylic acids is 1. The van der Waals surface area contributed by atoms with Crippen molar-refractivity contribution >= 4 is 27.5 Å². The molecule has 0 amide bonds. The predicted molar refractivity (Wildman–Crippen MR) is 90.1 cm³/mol. The first-order valence-corrected chi connectivity index (χ1v) is 7.45. The molecule has 0 aliphatic rings. The molecule has 0 bridgehead atoms. The highest BCUT2D eigenvalue weighted by molar-refractivity contribution is 5.93. The Balaban J connectivity index is 2.16. The third-order valence-electron chi connectivity index (χ3n) is 3.84. The number of carbonyl (C=O) groups is 1. The highest BCUT2D eigenvalue weighted by atomic mass is 16.5. The zero-order chi connectivity index (χ0) is 16.4. The van der Waals surface area contributed by atoms with Crippen LogP contribution in [0, 0.1) is 0 Å². The van der Waals surface area contributed by atoms with Crippen molar-refractivity contribution in [2.24, 2.45) is 0 Å². The first-order valence-electron chi connectivity index (χ1n) is 7.45. The van der Waals surface area contributed by atoms with Crippen molar-refractivity contribution in [2.75, 3.05) is 0 Å². The van der Waals surface area contributed by atoms with Crippen molar-refractivity contribution in [1.29, 1.82) is 0 Å². The second kappa shape index (κ2) is 6.08. The van der Waals surface area contributed by atoms with E-state index in [0.717, 1.165) is 10.8 Å². The van der Waals surface area contributed by atoms with Crippen molar-refractivity contribution in [1.82, 2.24) is 0 Å². The average Bonchev–Trinajstić information content (AvgIpc) is 2.70. The molecule has 0 heterocycles. The summed E-state index contributed by atoms with van der Waals surface area (Å²) in [6.07, 6.45) is -0.525. The summed E-state index contributed by atoms with van der Waals surface area (Å²) in [6, 6.07) is 16.2. The van der Waals surface area contributed by atoms with Gasteiger partial charge >= 0.3 is 5.97 Å². The number of carboxylic acid groups (broad SMARTS) is 1. The van der Waals surface area contributed by atoms with E-state index in [1.807, 2.05) is 30.3 Å². The van der Waals surface area contributed by atoms with Crippen LogP contribution < -0.4 is 10.2 Å². The molecule has 0 saturated heterocycles. The van der Waals surface area contributed by atoms with Crippen LogP contribution in [0.4, 0.5) is 0 Å². The van der Waals surface area contributed by atoms with E-state index in [0.29, 0.717) is 22.9 Å². The first-order chi connectivity index (χ1) is 11.1. The largest absolute Gasteiger partial charge is 0.479 e. The average molecular weight is 308 g/mol. The van der Waals surface area contributed by atoms with Crippen LogP contribution in [0.3, 0.4) is 0 Å². The van der Waals surface area contributed by atoms with Gasteiger partial charge in [0.25, 0.3) is 0 Å². The van der Waals surface area contributed by atoms with E-state index in [9.17, 15) is 9.59 Å². The Labute approximate surface area is 132 Å². The summed E-state index contributed by atoms with van der Waals surface area (Å²) in [7, 11) is 0. The number of hydrogen-bond donors (Lipinski definition) is 1. The third kappa shape index (κ3) is 2.88. The molecule has 0 fully saturated rings. The van der Waals surface area contributed by atoms with Crippen molar-refractivity contribution in [2.45, 2.75) is 19.4 Å². The quantitative estimate of drug-likeness (QED) is 0.800. The molecule has 3 aromatic rings. The summed E-state index contributed by atoms with van der Waals surface area (Å²) in [6.45, 7) is 1.75. The van der Waals surface area contributed by atoms with Gasteiger partial charge in [0.1, 0.15) is 5.75 Å². The summed E-state index contributed by atoms with van der Waals surface area (Å²) in [5.74, 6) is -0.553. The second-order valence-corrected chi connectivity index (χ2v) is 5.35. The fourth-order valence-electron chi connectivity index (χ4n) is 2.61. The topological polar surface area (TPSA) is 63.6 Å². The Morgan fingerprint density at radius 1 is 1.04 bits per heavy atom. The van der Waals surface area contributed by atoms with E-state index in [4.69, 9.17) is 9.84 Å². The molecule has 23 heavy (non-hydrogen) atoms. The smallest absolute Gasteiger partial charge is 0.344 e. The normalized spacial score (nSPS) is 12.2. The van der Waals surface area contributed by atoms with Crippen molar-refractivity contribution in [3.63, 3.8) is 0 Å². The molecule has 1 atom stereocenters. The molecule has 0 radical (unpaired) electrons. The molecule has 4 heteroatoms. The van der Waals surface area contributed by atoms with Gasteiger partial charge in [0.2, 0.25) is 0 Å². The molecule has 0 spiro atoms. The van der Waals surface area contributed by atoms with Gasteiger partial charge in [-0.3, -0.25) is 4.79 Å². The van der Waals surface area contributed by atoms with E-state index in [2.05, 4.69) is 0 Å². The Morgan fingerprint density at radius 2 is 1.74 bits per heavy atom. The lowest BCUT2D eigenvalue weighted by molar-refractivity contribution is -0.145. The highest BCUT2D eigenvalue weighted by Gasteiger charge is 2.16. The summed E-state index contributed by atoms with van der Waals surface area (Å²) < 4.78 is 5.50. The Kier molecular flexibility index (Phi) is 3.98. The van der Waals surface area contributed by atoms with Crippen LogP contribution in [0.1, 0.15) is 13.3 Å². The van der Waals surface area contributed by atoms with Crippen molar-refractivity contribution < 1.29 is 14.6 Å². The van der Waals surface area contributed by atoms with Gasteiger partial charge in [-0.15, -0.1) is 0 Å². The van der Waals surface area contributed by atoms with Gasteiger partial charge in [-0.1, -0.05) is 43.3 Å². The molecule has 0 saturated carbocycles. The maximum atomic E-state index is 12.7. The van der Waals surface area contributed by atoms with Gasteiger partial charge in [-0.25, -0.2) is 4.79 Å². The number of ether oxygens (including phenoxy) is 1. The lowest BCUT2D eigenvalue weighted by atomic mass is 10.1. The molecule has 4 nitrogen and oxygen atoms in total. The third-order valence-corrected chi connectivity index (χ3v) is 3.84. The fourth-order valence-corrected chi connectivity index (χ4v) is 2.61. The fraction of sp³-hybridized carbons (Fsp3) is 0.158. The maximum absolute atomic E-state index is 12.7. The molecule has 3 aromatic carbocycles. The van der Waals surface area contributed by atoms with E-state index in [-0.39, 0.29) is 5.43 Å². The minimum absolute atomic E-state index is 0.0440. The summed E-state index contributed by atoms with van der Waals surface area (Å²) in [4.78, 5) is 23.7. The van der Waals surface area contributed by atoms with Gasteiger partial charge in [-0.05, 0) is 35.4 Å². The van der Waals surface area contributed by atoms with E-state index >= 15 is 0 Å². The predicted octanol–water partition coefficient (Wildman–Crippen LogP) is 3.60. The molecule has 0 aliphatic heterocycles. The summed E-state index contributed by atoms with van der Waals surface area (Å²) in [5, 5.41) is 11.9. The van der Waals surface area contributed by atoms with Crippen LogP contribution in [0.5, 0.6) is 5.75 Å². The van der Waals surface area contributed by atoms with Crippen LogP contribution in [0.2, 0.25) is 0 Å². The van der Waals surface area contributed by atoms with E-state index in [1.54, 1.807) is 31.2 Å². The maximum Gasteiger partial charge on any atom is 0.344 e. The zero-order valence-corrected chi connectivity index (χ0v) is 12.7. The number of benzene rings is 2.